The molecule has 0 aliphatic carbocycles. The maximum Gasteiger partial charge on any atom is 0.142 e. The number of fused-ring (bicyclic) bond motifs is 1. The minimum absolute atomic E-state index is 0.332. The molecular formula is C14H11FN4. The van der Waals surface area contributed by atoms with Gasteiger partial charge < -0.3 is 11.5 Å². The summed E-state index contributed by atoms with van der Waals surface area (Å²) in [5, 5.41) is 0.716. The maximum atomic E-state index is 13.2. The molecule has 2 heterocycles. The fourth-order valence-electron chi connectivity index (χ4n) is 2.07. The standard InChI is InChI=1S/C14H11FN4/c15-9-6-8-2-1-3-10(13(8)18-7-9)11-4-5-12(16)19-14(11)17/h1-7H,(H4,16,17,19). The third-order valence-corrected chi connectivity index (χ3v) is 2.91. The normalized spacial score (nSPS) is 10.8. The zero-order valence-corrected chi connectivity index (χ0v) is 9.97. The van der Waals surface area contributed by atoms with Crippen LogP contribution in [0.15, 0.2) is 42.6 Å². The molecule has 4 N–H and O–H groups in total. The summed E-state index contributed by atoms with van der Waals surface area (Å²) in [5.74, 6) is 0.326. The van der Waals surface area contributed by atoms with Gasteiger partial charge >= 0.3 is 0 Å². The number of aromatic nitrogens is 2. The number of anilines is 2. The fourth-order valence-corrected chi connectivity index (χ4v) is 2.07. The van der Waals surface area contributed by atoms with Crippen molar-refractivity contribution < 1.29 is 4.39 Å². The van der Waals surface area contributed by atoms with E-state index in [9.17, 15) is 4.39 Å². The Labute approximate surface area is 108 Å². The van der Waals surface area contributed by atoms with Gasteiger partial charge in [-0.25, -0.2) is 9.37 Å². The third kappa shape index (κ3) is 1.95. The molecule has 0 saturated heterocycles. The quantitative estimate of drug-likeness (QED) is 0.699. The molecule has 0 amide bonds. The van der Waals surface area contributed by atoms with Crippen LogP contribution in [-0.4, -0.2) is 9.97 Å². The van der Waals surface area contributed by atoms with E-state index in [2.05, 4.69) is 9.97 Å². The van der Waals surface area contributed by atoms with Crippen molar-refractivity contribution in [3.63, 3.8) is 0 Å². The smallest absolute Gasteiger partial charge is 0.142 e. The van der Waals surface area contributed by atoms with Gasteiger partial charge in [0.25, 0.3) is 0 Å². The van der Waals surface area contributed by atoms with Crippen LogP contribution in [-0.2, 0) is 0 Å². The Morgan fingerprint density at radius 2 is 1.84 bits per heavy atom. The van der Waals surface area contributed by atoms with Gasteiger partial charge in [-0.15, -0.1) is 0 Å². The molecule has 94 valence electrons. The van der Waals surface area contributed by atoms with Gasteiger partial charge in [-0.05, 0) is 18.2 Å². The van der Waals surface area contributed by atoms with Gasteiger partial charge in [0.05, 0.1) is 11.7 Å². The lowest BCUT2D eigenvalue weighted by atomic mass is 10.0. The molecule has 0 saturated carbocycles. The lowest BCUT2D eigenvalue weighted by Crippen LogP contribution is -1.98. The molecule has 2 aromatic heterocycles. The van der Waals surface area contributed by atoms with E-state index in [0.717, 1.165) is 11.1 Å². The topological polar surface area (TPSA) is 77.8 Å². The van der Waals surface area contributed by atoms with Crippen LogP contribution in [0, 0.1) is 5.82 Å². The first kappa shape index (κ1) is 11.4. The molecule has 0 fully saturated rings. The van der Waals surface area contributed by atoms with Crippen molar-refractivity contribution in [1.82, 2.24) is 9.97 Å². The summed E-state index contributed by atoms with van der Waals surface area (Å²) in [6, 6.07) is 10.4. The minimum atomic E-state index is -0.368. The van der Waals surface area contributed by atoms with Gasteiger partial charge in [-0.2, -0.15) is 0 Å². The molecule has 0 atom stereocenters. The van der Waals surface area contributed by atoms with Crippen LogP contribution in [0.5, 0.6) is 0 Å². The summed E-state index contributed by atoms with van der Waals surface area (Å²) in [5.41, 5.74) is 13.7. The Balaban J connectivity index is 2.30. The van der Waals surface area contributed by atoms with Crippen molar-refractivity contribution in [1.29, 1.82) is 0 Å². The van der Waals surface area contributed by atoms with Crippen LogP contribution in [0.3, 0.4) is 0 Å². The van der Waals surface area contributed by atoms with Crippen LogP contribution in [0.4, 0.5) is 16.0 Å². The Kier molecular flexibility index (Phi) is 2.52. The monoisotopic (exact) mass is 254 g/mol. The molecule has 19 heavy (non-hydrogen) atoms. The number of hydrogen-bond donors (Lipinski definition) is 2. The Morgan fingerprint density at radius 3 is 2.63 bits per heavy atom. The summed E-state index contributed by atoms with van der Waals surface area (Å²) in [6.45, 7) is 0. The zero-order valence-electron chi connectivity index (χ0n) is 9.97. The van der Waals surface area contributed by atoms with Crippen LogP contribution in [0.1, 0.15) is 0 Å². The molecule has 1 aromatic carbocycles. The SMILES string of the molecule is Nc1ccc(-c2cccc3cc(F)cnc23)c(N)n1. The Hall–Kier alpha value is -2.69. The lowest BCUT2D eigenvalue weighted by molar-refractivity contribution is 0.624. The van der Waals surface area contributed by atoms with Crippen molar-refractivity contribution in [3.8, 4) is 11.1 Å². The zero-order chi connectivity index (χ0) is 13.4. The maximum absolute atomic E-state index is 13.2. The first-order valence-electron chi connectivity index (χ1n) is 5.72. The van der Waals surface area contributed by atoms with E-state index >= 15 is 0 Å². The number of nitrogens with zero attached hydrogens (tertiary/aromatic N) is 2. The van der Waals surface area contributed by atoms with Gasteiger partial charge in [0.2, 0.25) is 0 Å². The molecular weight excluding hydrogens is 243 g/mol. The second-order valence-electron chi connectivity index (χ2n) is 4.20. The predicted octanol–water partition coefficient (Wildman–Crippen LogP) is 2.60. The molecule has 0 aliphatic rings. The van der Waals surface area contributed by atoms with E-state index in [0.29, 0.717) is 22.5 Å². The predicted molar refractivity (Wildman–Crippen MR) is 73.8 cm³/mol. The first-order valence-corrected chi connectivity index (χ1v) is 5.72. The highest BCUT2D eigenvalue weighted by molar-refractivity contribution is 5.96. The van der Waals surface area contributed by atoms with E-state index in [1.54, 1.807) is 18.2 Å². The van der Waals surface area contributed by atoms with Crippen LogP contribution < -0.4 is 11.5 Å². The van der Waals surface area contributed by atoms with Gasteiger partial charge in [0.15, 0.2) is 0 Å². The summed E-state index contributed by atoms with van der Waals surface area (Å²) < 4.78 is 13.2. The van der Waals surface area contributed by atoms with Gasteiger partial charge in [0.1, 0.15) is 17.5 Å². The Bertz CT molecular complexity index is 770. The number of nitrogens with two attached hydrogens (primary N) is 2. The molecule has 0 bridgehead atoms. The highest BCUT2D eigenvalue weighted by atomic mass is 19.1. The molecule has 0 spiro atoms. The van der Waals surface area contributed by atoms with Crippen LogP contribution in [0.2, 0.25) is 0 Å². The number of rotatable bonds is 1. The fraction of sp³-hybridized carbons (Fsp3) is 0. The van der Waals surface area contributed by atoms with Gasteiger partial charge in [-0.3, -0.25) is 4.98 Å². The van der Waals surface area contributed by atoms with E-state index in [-0.39, 0.29) is 5.82 Å². The van der Waals surface area contributed by atoms with E-state index in [1.165, 1.54) is 12.3 Å². The molecule has 3 rings (SSSR count). The highest BCUT2D eigenvalue weighted by Crippen LogP contribution is 2.30. The third-order valence-electron chi connectivity index (χ3n) is 2.91. The second-order valence-corrected chi connectivity index (χ2v) is 4.20. The summed E-state index contributed by atoms with van der Waals surface area (Å²) in [4.78, 5) is 8.16. The number of pyridine rings is 2. The van der Waals surface area contributed by atoms with Crippen LogP contribution in [0.25, 0.3) is 22.0 Å². The van der Waals surface area contributed by atoms with Crippen molar-refractivity contribution in [3.05, 3.63) is 48.4 Å². The average molecular weight is 254 g/mol. The van der Waals surface area contributed by atoms with Gasteiger partial charge in [0, 0.05) is 16.5 Å². The van der Waals surface area contributed by atoms with E-state index in [4.69, 9.17) is 11.5 Å². The van der Waals surface area contributed by atoms with Gasteiger partial charge in [-0.1, -0.05) is 18.2 Å². The van der Waals surface area contributed by atoms with Crippen molar-refractivity contribution >= 4 is 22.5 Å². The minimum Gasteiger partial charge on any atom is -0.384 e. The molecule has 0 aliphatic heterocycles. The van der Waals surface area contributed by atoms with Crippen molar-refractivity contribution in [2.75, 3.05) is 11.5 Å². The van der Waals surface area contributed by atoms with Crippen molar-refractivity contribution in [2.24, 2.45) is 0 Å². The van der Waals surface area contributed by atoms with Crippen molar-refractivity contribution in [2.45, 2.75) is 0 Å². The average Bonchev–Trinajstić information content (AvgIpc) is 2.38. The van der Waals surface area contributed by atoms with E-state index in [1.807, 2.05) is 12.1 Å². The number of halogens is 1. The number of benzene rings is 1. The summed E-state index contributed by atoms with van der Waals surface area (Å²) in [7, 11) is 0. The van der Waals surface area contributed by atoms with E-state index < -0.39 is 0 Å². The number of nitrogen functional groups attached to an aromatic ring is 2. The molecule has 4 nitrogen and oxygen atoms in total. The lowest BCUT2D eigenvalue weighted by Gasteiger charge is -2.08. The highest BCUT2D eigenvalue weighted by Gasteiger charge is 2.09. The number of hydrogen-bond acceptors (Lipinski definition) is 4. The van der Waals surface area contributed by atoms with Crippen LogP contribution >= 0.6 is 0 Å². The Morgan fingerprint density at radius 1 is 1.00 bits per heavy atom. The molecule has 3 aromatic rings. The molecule has 5 heteroatoms. The molecule has 0 radical (unpaired) electrons. The largest absolute Gasteiger partial charge is 0.384 e. The first-order chi connectivity index (χ1) is 9.15. The molecule has 0 unspecified atom stereocenters. The summed E-state index contributed by atoms with van der Waals surface area (Å²) in [6.07, 6.45) is 1.19. The second kappa shape index (κ2) is 4.20. The summed E-state index contributed by atoms with van der Waals surface area (Å²) >= 11 is 0. The number of para-hydroxylation sites is 1.